The van der Waals surface area contributed by atoms with Crippen LogP contribution in [0.1, 0.15) is 10.4 Å². The van der Waals surface area contributed by atoms with Crippen LogP contribution in [0, 0.1) is 0 Å². The van der Waals surface area contributed by atoms with Gasteiger partial charge in [-0.25, -0.2) is 0 Å². The third kappa shape index (κ3) is 5.12. The Morgan fingerprint density at radius 2 is 1.88 bits per heavy atom. The summed E-state index contributed by atoms with van der Waals surface area (Å²) in [5, 5.41) is 6.16. The quantitative estimate of drug-likeness (QED) is 0.829. The molecule has 0 aliphatic carbocycles. The first-order valence-electron chi connectivity index (χ1n) is 7.59. The lowest BCUT2D eigenvalue weighted by molar-refractivity contribution is -0.114. The third-order valence-electron chi connectivity index (χ3n) is 3.40. The normalized spacial score (nSPS) is 10.1. The van der Waals surface area contributed by atoms with Gasteiger partial charge in [0, 0.05) is 31.0 Å². The lowest BCUT2D eigenvalue weighted by atomic mass is 10.2. The van der Waals surface area contributed by atoms with E-state index in [1.165, 1.54) is 12.0 Å². The van der Waals surface area contributed by atoms with E-state index in [9.17, 15) is 9.59 Å². The lowest BCUT2D eigenvalue weighted by Crippen LogP contribution is -2.23. The average molecular weight is 362 g/mol. The number of hydrogen-bond donors (Lipinski definition) is 2. The Bertz CT molecular complexity index is 778. The van der Waals surface area contributed by atoms with Crippen molar-refractivity contribution in [2.24, 2.45) is 0 Å². The third-order valence-corrected chi connectivity index (χ3v) is 3.70. The van der Waals surface area contributed by atoms with Crippen molar-refractivity contribution < 1.29 is 14.3 Å². The zero-order valence-electron chi connectivity index (χ0n) is 14.3. The number of methoxy groups -OCH3 is 1. The monoisotopic (exact) mass is 361 g/mol. The number of nitrogens with one attached hydrogen (secondary N) is 2. The van der Waals surface area contributed by atoms with Crippen LogP contribution in [0.5, 0.6) is 5.75 Å². The van der Waals surface area contributed by atoms with Gasteiger partial charge in [-0.3, -0.25) is 9.59 Å². The minimum Gasteiger partial charge on any atom is -0.495 e. The summed E-state index contributed by atoms with van der Waals surface area (Å²) in [5.41, 5.74) is 1.82. The molecule has 0 aliphatic rings. The molecular weight excluding hydrogens is 342 g/mol. The van der Waals surface area contributed by atoms with Crippen molar-refractivity contribution in [1.29, 1.82) is 0 Å². The van der Waals surface area contributed by atoms with Crippen LogP contribution in [0.4, 0.5) is 11.4 Å². The number of carbonyl (C=O) groups excluding carboxylic acids is 2. The summed E-state index contributed by atoms with van der Waals surface area (Å²) in [7, 11) is 4.91. The van der Waals surface area contributed by atoms with Crippen molar-refractivity contribution in [2.75, 3.05) is 38.4 Å². The molecule has 0 unspecified atom stereocenters. The van der Waals surface area contributed by atoms with Crippen LogP contribution in [-0.4, -0.2) is 44.5 Å². The molecule has 0 aromatic heterocycles. The van der Waals surface area contributed by atoms with Gasteiger partial charge in [0.15, 0.2) is 0 Å². The number of rotatable bonds is 6. The van der Waals surface area contributed by atoms with E-state index < -0.39 is 0 Å². The molecule has 0 atom stereocenters. The van der Waals surface area contributed by atoms with Gasteiger partial charge < -0.3 is 20.3 Å². The standard InChI is InChI=1S/C18H20ClN3O3/c1-22(2)18(24)12-5-4-6-13(9-12)20-11-17(23)21-14-7-8-16(25-3)15(19)10-14/h4-10,20H,11H2,1-3H3,(H,21,23). The lowest BCUT2D eigenvalue weighted by Gasteiger charge is -2.12. The van der Waals surface area contributed by atoms with Gasteiger partial charge in [-0.15, -0.1) is 0 Å². The Kier molecular flexibility index (Phi) is 6.25. The minimum atomic E-state index is -0.231. The number of carbonyl (C=O) groups is 2. The van der Waals surface area contributed by atoms with Crippen LogP contribution in [0.3, 0.4) is 0 Å². The first-order valence-corrected chi connectivity index (χ1v) is 7.97. The molecule has 2 aromatic carbocycles. The van der Waals surface area contributed by atoms with Gasteiger partial charge in [0.2, 0.25) is 5.91 Å². The topological polar surface area (TPSA) is 70.7 Å². The number of amides is 2. The Labute approximate surface area is 151 Å². The van der Waals surface area contributed by atoms with Gasteiger partial charge in [0.25, 0.3) is 5.91 Å². The highest BCUT2D eigenvalue weighted by molar-refractivity contribution is 6.32. The molecule has 0 spiro atoms. The second kappa shape index (κ2) is 8.39. The zero-order valence-corrected chi connectivity index (χ0v) is 15.1. The average Bonchev–Trinajstić information content (AvgIpc) is 2.59. The molecule has 7 heteroatoms. The molecule has 0 radical (unpaired) electrons. The van der Waals surface area contributed by atoms with E-state index in [0.29, 0.717) is 27.7 Å². The zero-order chi connectivity index (χ0) is 18.4. The SMILES string of the molecule is COc1ccc(NC(=O)CNc2cccc(C(=O)N(C)C)c2)cc1Cl. The molecular formula is C18H20ClN3O3. The molecule has 25 heavy (non-hydrogen) atoms. The van der Waals surface area contributed by atoms with E-state index in [-0.39, 0.29) is 18.4 Å². The molecule has 0 heterocycles. The Morgan fingerprint density at radius 1 is 1.12 bits per heavy atom. The maximum Gasteiger partial charge on any atom is 0.253 e. The van der Waals surface area contributed by atoms with Gasteiger partial charge in [-0.1, -0.05) is 17.7 Å². The molecule has 0 fully saturated rings. The molecule has 0 bridgehead atoms. The number of hydrogen-bond acceptors (Lipinski definition) is 4. The number of ether oxygens (including phenoxy) is 1. The molecule has 132 valence electrons. The Morgan fingerprint density at radius 3 is 2.52 bits per heavy atom. The fraction of sp³-hybridized carbons (Fsp3) is 0.222. The highest BCUT2D eigenvalue weighted by Crippen LogP contribution is 2.27. The second-order valence-corrected chi connectivity index (χ2v) is 5.94. The summed E-state index contributed by atoms with van der Waals surface area (Å²) >= 11 is 6.03. The van der Waals surface area contributed by atoms with Crippen LogP contribution in [0.15, 0.2) is 42.5 Å². The number of anilines is 2. The summed E-state index contributed by atoms with van der Waals surface area (Å²) in [6.07, 6.45) is 0. The maximum absolute atomic E-state index is 12.1. The van der Waals surface area contributed by atoms with Crippen LogP contribution in [-0.2, 0) is 4.79 Å². The van der Waals surface area contributed by atoms with Crippen molar-refractivity contribution in [3.63, 3.8) is 0 Å². The summed E-state index contributed by atoms with van der Waals surface area (Å²) in [4.78, 5) is 25.5. The van der Waals surface area contributed by atoms with Crippen LogP contribution < -0.4 is 15.4 Å². The van der Waals surface area contributed by atoms with E-state index >= 15 is 0 Å². The van der Waals surface area contributed by atoms with Gasteiger partial charge in [0.05, 0.1) is 18.7 Å². The maximum atomic E-state index is 12.1. The molecule has 2 aromatic rings. The van der Waals surface area contributed by atoms with E-state index in [2.05, 4.69) is 10.6 Å². The summed E-state index contributed by atoms with van der Waals surface area (Å²) < 4.78 is 5.07. The molecule has 6 nitrogen and oxygen atoms in total. The molecule has 0 saturated carbocycles. The van der Waals surface area contributed by atoms with Gasteiger partial charge >= 0.3 is 0 Å². The van der Waals surface area contributed by atoms with Gasteiger partial charge in [-0.05, 0) is 36.4 Å². The minimum absolute atomic E-state index is 0.0588. The first-order chi connectivity index (χ1) is 11.9. The smallest absolute Gasteiger partial charge is 0.253 e. The van der Waals surface area contributed by atoms with Crippen LogP contribution in [0.2, 0.25) is 5.02 Å². The van der Waals surface area contributed by atoms with Crippen molar-refractivity contribution in [3.05, 3.63) is 53.1 Å². The van der Waals surface area contributed by atoms with E-state index in [4.69, 9.17) is 16.3 Å². The number of nitrogens with zero attached hydrogens (tertiary/aromatic N) is 1. The van der Waals surface area contributed by atoms with E-state index in [1.807, 2.05) is 0 Å². The molecule has 0 saturated heterocycles. The van der Waals surface area contributed by atoms with Crippen molar-refractivity contribution in [3.8, 4) is 5.75 Å². The highest BCUT2D eigenvalue weighted by atomic mass is 35.5. The molecule has 2 N–H and O–H groups in total. The van der Waals surface area contributed by atoms with E-state index in [0.717, 1.165) is 0 Å². The summed E-state index contributed by atoms with van der Waals surface area (Å²) in [6, 6.07) is 12.0. The number of halogens is 1. The fourth-order valence-electron chi connectivity index (χ4n) is 2.15. The van der Waals surface area contributed by atoms with Gasteiger partial charge in [0.1, 0.15) is 5.75 Å². The van der Waals surface area contributed by atoms with Crippen LogP contribution >= 0.6 is 11.6 Å². The Hall–Kier alpha value is -2.73. The van der Waals surface area contributed by atoms with Crippen molar-refractivity contribution >= 4 is 34.8 Å². The molecule has 2 amide bonds. The van der Waals surface area contributed by atoms with Crippen LogP contribution in [0.25, 0.3) is 0 Å². The summed E-state index contributed by atoms with van der Waals surface area (Å²) in [6.45, 7) is 0.0588. The number of benzene rings is 2. The van der Waals surface area contributed by atoms with Crippen molar-refractivity contribution in [2.45, 2.75) is 0 Å². The fourth-order valence-corrected chi connectivity index (χ4v) is 2.41. The molecule has 2 rings (SSSR count). The highest BCUT2D eigenvalue weighted by Gasteiger charge is 2.09. The van der Waals surface area contributed by atoms with Crippen molar-refractivity contribution in [1.82, 2.24) is 4.90 Å². The first kappa shape index (κ1) is 18.6. The predicted octanol–water partition coefficient (Wildman–Crippen LogP) is 3.10. The second-order valence-electron chi connectivity index (χ2n) is 5.53. The predicted molar refractivity (Wildman–Crippen MR) is 99.6 cm³/mol. The summed E-state index contributed by atoms with van der Waals surface area (Å²) in [5.74, 6) is 0.215. The van der Waals surface area contributed by atoms with Gasteiger partial charge in [-0.2, -0.15) is 0 Å². The molecule has 0 aliphatic heterocycles. The van der Waals surface area contributed by atoms with E-state index in [1.54, 1.807) is 56.6 Å². The Balaban J connectivity index is 1.95. The largest absolute Gasteiger partial charge is 0.495 e.